The summed E-state index contributed by atoms with van der Waals surface area (Å²) >= 11 is 3.47. The quantitative estimate of drug-likeness (QED) is 0.401. The first kappa shape index (κ1) is 17.6. The van der Waals surface area contributed by atoms with E-state index in [1.165, 1.54) is 11.3 Å². The lowest BCUT2D eigenvalue weighted by Crippen LogP contribution is -2.11. The van der Waals surface area contributed by atoms with Crippen molar-refractivity contribution in [1.82, 2.24) is 4.98 Å². The zero-order valence-corrected chi connectivity index (χ0v) is 16.2. The largest absolute Gasteiger partial charge is 0.497 e. The third-order valence-electron chi connectivity index (χ3n) is 3.66. The molecule has 25 heavy (non-hydrogen) atoms. The van der Waals surface area contributed by atoms with E-state index < -0.39 is 5.92 Å². The molecule has 4 nitrogen and oxygen atoms in total. The second-order valence-corrected chi connectivity index (χ2v) is 7.37. The highest BCUT2D eigenvalue weighted by atomic mass is 127. The molecule has 1 atom stereocenters. The Bertz CT molecular complexity index is 945. The molecule has 2 aromatic carbocycles. The average molecular weight is 460 g/mol. The van der Waals surface area contributed by atoms with Gasteiger partial charge in [0.25, 0.3) is 0 Å². The number of ketones is 1. The molecule has 0 radical (unpaired) electrons. The van der Waals surface area contributed by atoms with E-state index in [2.05, 4.69) is 33.6 Å². The van der Waals surface area contributed by atoms with E-state index in [0.29, 0.717) is 10.6 Å². The van der Waals surface area contributed by atoms with Gasteiger partial charge in [-0.3, -0.25) is 4.79 Å². The topological polar surface area (TPSA) is 63.0 Å². The van der Waals surface area contributed by atoms with Gasteiger partial charge in [0.15, 0.2) is 11.7 Å². The number of hydrogen-bond donors (Lipinski definition) is 0. The fourth-order valence-corrected chi connectivity index (χ4v) is 3.76. The van der Waals surface area contributed by atoms with Crippen molar-refractivity contribution in [2.75, 3.05) is 7.11 Å². The number of ether oxygens (including phenoxy) is 1. The second-order valence-electron chi connectivity index (χ2n) is 5.24. The van der Waals surface area contributed by atoms with Crippen molar-refractivity contribution < 1.29 is 9.53 Å². The molecular formula is C19H13IN2O2S. The number of hydrogen-bond acceptors (Lipinski definition) is 5. The van der Waals surface area contributed by atoms with Gasteiger partial charge in [-0.25, -0.2) is 4.98 Å². The normalized spacial score (nSPS) is 11.6. The standard InChI is InChI=1S/C19H13IN2O2S/c1-24-15-7-5-12(6-8-15)17-11-25-19(22-17)16(10-21)18(23)13-3-2-4-14(20)9-13/h2-9,11,16H,1H3. The minimum atomic E-state index is -0.893. The van der Waals surface area contributed by atoms with E-state index in [9.17, 15) is 10.1 Å². The predicted molar refractivity (Wildman–Crippen MR) is 106 cm³/mol. The molecule has 0 saturated carbocycles. The number of halogens is 1. The van der Waals surface area contributed by atoms with Gasteiger partial charge >= 0.3 is 0 Å². The summed E-state index contributed by atoms with van der Waals surface area (Å²) in [6.07, 6.45) is 0. The second kappa shape index (κ2) is 7.76. The van der Waals surface area contributed by atoms with Crippen LogP contribution in [-0.4, -0.2) is 17.9 Å². The Labute approximate surface area is 163 Å². The molecule has 3 aromatic rings. The van der Waals surface area contributed by atoms with Gasteiger partial charge in [0, 0.05) is 20.1 Å². The van der Waals surface area contributed by atoms with Crippen molar-refractivity contribution in [2.24, 2.45) is 0 Å². The molecule has 6 heteroatoms. The molecule has 0 fully saturated rings. The lowest BCUT2D eigenvalue weighted by molar-refractivity contribution is 0.0978. The molecular weight excluding hydrogens is 447 g/mol. The third-order valence-corrected chi connectivity index (χ3v) is 5.24. The molecule has 0 aliphatic rings. The molecule has 1 heterocycles. The minimum Gasteiger partial charge on any atom is -0.497 e. The highest BCUT2D eigenvalue weighted by molar-refractivity contribution is 14.1. The van der Waals surface area contributed by atoms with Crippen molar-refractivity contribution in [2.45, 2.75) is 5.92 Å². The molecule has 1 unspecified atom stereocenters. The summed E-state index contributed by atoms with van der Waals surface area (Å²) in [5.74, 6) is -0.352. The van der Waals surface area contributed by atoms with Gasteiger partial charge in [-0.1, -0.05) is 12.1 Å². The first-order valence-electron chi connectivity index (χ1n) is 7.41. The Balaban J connectivity index is 1.88. The van der Waals surface area contributed by atoms with Crippen LogP contribution in [0.1, 0.15) is 21.3 Å². The van der Waals surface area contributed by atoms with Crippen LogP contribution in [0, 0.1) is 14.9 Å². The summed E-state index contributed by atoms with van der Waals surface area (Å²) < 4.78 is 6.11. The lowest BCUT2D eigenvalue weighted by Gasteiger charge is -2.05. The van der Waals surface area contributed by atoms with Gasteiger partial charge in [0.2, 0.25) is 0 Å². The van der Waals surface area contributed by atoms with E-state index in [-0.39, 0.29) is 5.78 Å². The highest BCUT2D eigenvalue weighted by Gasteiger charge is 2.25. The number of rotatable bonds is 5. The smallest absolute Gasteiger partial charge is 0.186 e. The Kier molecular flexibility index (Phi) is 5.46. The molecule has 0 saturated heterocycles. The maximum absolute atomic E-state index is 12.7. The minimum absolute atomic E-state index is 0.225. The molecule has 0 spiro atoms. The van der Waals surface area contributed by atoms with Crippen LogP contribution in [0.2, 0.25) is 0 Å². The molecule has 124 valence electrons. The van der Waals surface area contributed by atoms with Crippen LogP contribution in [0.3, 0.4) is 0 Å². The number of thiazole rings is 1. The summed E-state index contributed by atoms with van der Waals surface area (Å²) in [5, 5.41) is 11.9. The van der Waals surface area contributed by atoms with Crippen molar-refractivity contribution >= 4 is 39.7 Å². The SMILES string of the molecule is COc1ccc(-c2csc(C(C#N)C(=O)c3cccc(I)c3)n2)cc1. The van der Waals surface area contributed by atoms with Crippen LogP contribution < -0.4 is 4.74 Å². The fraction of sp³-hybridized carbons (Fsp3) is 0.105. The number of nitrogens with zero attached hydrogens (tertiary/aromatic N) is 2. The summed E-state index contributed by atoms with van der Waals surface area (Å²) in [6, 6.07) is 16.8. The summed E-state index contributed by atoms with van der Waals surface area (Å²) in [6.45, 7) is 0. The Morgan fingerprint density at radius 2 is 2.04 bits per heavy atom. The number of benzene rings is 2. The molecule has 0 N–H and O–H groups in total. The van der Waals surface area contributed by atoms with Crippen LogP contribution >= 0.6 is 33.9 Å². The molecule has 0 bridgehead atoms. The number of methoxy groups -OCH3 is 1. The maximum Gasteiger partial charge on any atom is 0.186 e. The molecule has 0 aliphatic carbocycles. The number of Topliss-reactive ketones (excluding diaryl/α,β-unsaturated/α-hetero) is 1. The Morgan fingerprint density at radius 3 is 2.68 bits per heavy atom. The van der Waals surface area contributed by atoms with Crippen molar-refractivity contribution in [1.29, 1.82) is 5.26 Å². The van der Waals surface area contributed by atoms with Crippen LogP contribution in [-0.2, 0) is 0 Å². The Hall–Kier alpha value is -2.24. The first-order chi connectivity index (χ1) is 12.1. The van der Waals surface area contributed by atoms with E-state index in [0.717, 1.165) is 20.6 Å². The summed E-state index contributed by atoms with van der Waals surface area (Å²) in [7, 11) is 1.61. The number of carbonyl (C=O) groups excluding carboxylic acids is 1. The lowest BCUT2D eigenvalue weighted by atomic mass is 9.99. The van der Waals surface area contributed by atoms with Crippen molar-refractivity contribution in [3.05, 3.63) is 68.1 Å². The van der Waals surface area contributed by atoms with Crippen LogP contribution in [0.25, 0.3) is 11.3 Å². The van der Waals surface area contributed by atoms with Crippen LogP contribution in [0.4, 0.5) is 0 Å². The van der Waals surface area contributed by atoms with Gasteiger partial charge in [-0.05, 0) is 59.0 Å². The zero-order valence-electron chi connectivity index (χ0n) is 13.3. The highest BCUT2D eigenvalue weighted by Crippen LogP contribution is 2.29. The maximum atomic E-state index is 12.7. The zero-order chi connectivity index (χ0) is 17.8. The van der Waals surface area contributed by atoms with Gasteiger partial charge in [0.1, 0.15) is 10.8 Å². The van der Waals surface area contributed by atoms with Crippen molar-refractivity contribution in [3.8, 4) is 23.1 Å². The molecule has 0 amide bonds. The van der Waals surface area contributed by atoms with E-state index in [1.807, 2.05) is 41.8 Å². The van der Waals surface area contributed by atoms with Gasteiger partial charge in [-0.15, -0.1) is 11.3 Å². The average Bonchev–Trinajstić information content (AvgIpc) is 3.12. The fourth-order valence-electron chi connectivity index (χ4n) is 2.35. The molecule has 3 rings (SSSR count). The monoisotopic (exact) mass is 460 g/mol. The van der Waals surface area contributed by atoms with E-state index in [4.69, 9.17) is 4.74 Å². The molecule has 0 aliphatic heterocycles. The summed E-state index contributed by atoms with van der Waals surface area (Å²) in [5.41, 5.74) is 2.19. The third kappa shape index (κ3) is 3.89. The number of nitriles is 1. The van der Waals surface area contributed by atoms with Gasteiger partial charge < -0.3 is 4.74 Å². The van der Waals surface area contributed by atoms with E-state index >= 15 is 0 Å². The number of carbonyl (C=O) groups is 1. The summed E-state index contributed by atoms with van der Waals surface area (Å²) in [4.78, 5) is 17.2. The van der Waals surface area contributed by atoms with E-state index in [1.54, 1.807) is 19.2 Å². The van der Waals surface area contributed by atoms with Crippen LogP contribution in [0.5, 0.6) is 5.75 Å². The van der Waals surface area contributed by atoms with Gasteiger partial charge in [0.05, 0.1) is 18.9 Å². The molecule has 1 aromatic heterocycles. The predicted octanol–water partition coefficient (Wildman–Crippen LogP) is 4.91. The van der Waals surface area contributed by atoms with Gasteiger partial charge in [-0.2, -0.15) is 5.26 Å². The van der Waals surface area contributed by atoms with Crippen LogP contribution in [0.15, 0.2) is 53.9 Å². The first-order valence-corrected chi connectivity index (χ1v) is 9.37. The number of aromatic nitrogens is 1. The van der Waals surface area contributed by atoms with Crippen molar-refractivity contribution in [3.63, 3.8) is 0 Å². The Morgan fingerprint density at radius 1 is 1.28 bits per heavy atom.